The molecule has 0 bridgehead atoms. The Bertz CT molecular complexity index is 1960. The van der Waals surface area contributed by atoms with Gasteiger partial charge in [-0.2, -0.15) is 0 Å². The van der Waals surface area contributed by atoms with Gasteiger partial charge < -0.3 is 19.3 Å². The third kappa shape index (κ3) is 4.81. The molecule has 6 rings (SSSR count). The van der Waals surface area contributed by atoms with Crippen LogP contribution in [0.2, 0.25) is 0 Å². The Balaban J connectivity index is 1.71. The molecule has 0 atom stereocenters. The Hall–Kier alpha value is -4.92. The van der Waals surface area contributed by atoms with Gasteiger partial charge >= 0.3 is 5.97 Å². The Labute approximate surface area is 242 Å². The lowest BCUT2D eigenvalue weighted by Crippen LogP contribution is -2.24. The molecule has 0 saturated heterocycles. The van der Waals surface area contributed by atoms with Crippen molar-refractivity contribution in [2.45, 2.75) is 46.1 Å². The van der Waals surface area contributed by atoms with Crippen molar-refractivity contribution in [1.82, 2.24) is 15.0 Å². The van der Waals surface area contributed by atoms with Crippen molar-refractivity contribution in [2.24, 2.45) is 0 Å². The Morgan fingerprint density at radius 3 is 2.64 bits per heavy atom. The number of rotatable bonds is 6. The van der Waals surface area contributed by atoms with E-state index in [2.05, 4.69) is 9.97 Å². The predicted octanol–water partition coefficient (Wildman–Crippen LogP) is 5.86. The number of methoxy groups -OCH3 is 1. The zero-order valence-corrected chi connectivity index (χ0v) is 24.1. The lowest BCUT2D eigenvalue weighted by molar-refractivity contribution is -0.136. The maximum Gasteiger partial charge on any atom is 0.307 e. The lowest BCUT2D eigenvalue weighted by atomic mass is 9.85. The molecule has 9 nitrogen and oxygen atoms in total. The fourth-order valence-electron chi connectivity index (χ4n) is 5.70. The van der Waals surface area contributed by atoms with E-state index in [0.717, 1.165) is 44.8 Å². The highest BCUT2D eigenvalue weighted by atomic mass is 16.5. The number of nitrogens with one attached hydrogen (secondary N) is 1. The normalized spacial score (nSPS) is 12.8. The molecule has 0 saturated carbocycles. The summed E-state index contributed by atoms with van der Waals surface area (Å²) >= 11 is 0. The van der Waals surface area contributed by atoms with Crippen molar-refractivity contribution in [3.8, 4) is 39.8 Å². The van der Waals surface area contributed by atoms with Gasteiger partial charge in [0.05, 0.1) is 36.8 Å². The standard InChI is InChI=1S/C33H31N3O6/c1-17-12-20-13-19(23-16-35-32(40-5)36-31(23)39)6-7-21(20)28(22(17)14-26(37)38)29-25(42-33(2,3)4)15-24-27-18(9-11-41-24)8-10-34-30(27)29/h6-8,10,12-13,15-16H,9,11,14H2,1-5H3,(H,37,38)(H,35,36,39). The zero-order valence-electron chi connectivity index (χ0n) is 24.1. The van der Waals surface area contributed by atoms with Gasteiger partial charge in [0.1, 0.15) is 17.1 Å². The van der Waals surface area contributed by atoms with Gasteiger partial charge in [-0.3, -0.25) is 19.6 Å². The fraction of sp³-hybridized carbons (Fsp3) is 0.273. The van der Waals surface area contributed by atoms with Gasteiger partial charge in [0.15, 0.2) is 0 Å². The third-order valence-electron chi connectivity index (χ3n) is 7.40. The highest BCUT2D eigenvalue weighted by Gasteiger charge is 2.28. The monoisotopic (exact) mass is 565 g/mol. The van der Waals surface area contributed by atoms with Crippen LogP contribution in [-0.2, 0) is 17.6 Å². The van der Waals surface area contributed by atoms with Crippen LogP contribution in [0.3, 0.4) is 0 Å². The number of hydrogen-bond acceptors (Lipinski definition) is 7. The van der Waals surface area contributed by atoms with Gasteiger partial charge in [0.25, 0.3) is 11.6 Å². The van der Waals surface area contributed by atoms with Gasteiger partial charge in [-0.05, 0) is 78.4 Å². The largest absolute Gasteiger partial charge is 0.492 e. The van der Waals surface area contributed by atoms with E-state index in [-0.39, 0.29) is 18.0 Å². The maximum absolute atomic E-state index is 12.8. The van der Waals surface area contributed by atoms with Gasteiger partial charge in [-0.1, -0.05) is 18.2 Å². The van der Waals surface area contributed by atoms with E-state index >= 15 is 0 Å². The molecule has 1 aliphatic heterocycles. The number of fused-ring (bicyclic) bond motifs is 1. The Morgan fingerprint density at radius 1 is 1.12 bits per heavy atom. The number of H-pyrrole nitrogens is 1. The van der Waals surface area contributed by atoms with E-state index in [4.69, 9.17) is 19.2 Å². The molecule has 3 heterocycles. The summed E-state index contributed by atoms with van der Waals surface area (Å²) in [4.78, 5) is 36.6. The van der Waals surface area contributed by atoms with Crippen LogP contribution in [0, 0.1) is 6.92 Å². The molecule has 1 aliphatic rings. The summed E-state index contributed by atoms with van der Waals surface area (Å²) in [5.74, 6) is 0.325. The summed E-state index contributed by atoms with van der Waals surface area (Å²) in [6.07, 6.45) is 3.83. The molecular weight excluding hydrogens is 534 g/mol. The molecule has 214 valence electrons. The van der Waals surface area contributed by atoms with E-state index in [9.17, 15) is 14.7 Å². The molecule has 42 heavy (non-hydrogen) atoms. The molecule has 0 fully saturated rings. The molecule has 2 aromatic heterocycles. The van der Waals surface area contributed by atoms with Crippen LogP contribution in [0.4, 0.5) is 0 Å². The van der Waals surface area contributed by atoms with Crippen molar-refractivity contribution >= 4 is 27.6 Å². The first-order valence-electron chi connectivity index (χ1n) is 13.7. The molecule has 2 N–H and O–H groups in total. The topological polar surface area (TPSA) is 124 Å². The highest BCUT2D eigenvalue weighted by Crippen LogP contribution is 2.48. The van der Waals surface area contributed by atoms with Crippen LogP contribution >= 0.6 is 0 Å². The van der Waals surface area contributed by atoms with Gasteiger partial charge in [-0.15, -0.1) is 0 Å². The molecular formula is C33H31N3O6. The third-order valence-corrected chi connectivity index (χ3v) is 7.40. The number of nitrogens with zero attached hydrogens (tertiary/aromatic N) is 2. The van der Waals surface area contributed by atoms with Crippen molar-refractivity contribution in [3.05, 3.63) is 75.8 Å². The summed E-state index contributed by atoms with van der Waals surface area (Å²) in [5.41, 5.74) is 4.94. The number of hydrogen-bond donors (Lipinski definition) is 2. The maximum atomic E-state index is 12.8. The van der Waals surface area contributed by atoms with Crippen LogP contribution in [0.15, 0.2) is 53.6 Å². The van der Waals surface area contributed by atoms with Crippen molar-refractivity contribution < 1.29 is 24.1 Å². The van der Waals surface area contributed by atoms with E-state index < -0.39 is 11.6 Å². The minimum absolute atomic E-state index is 0.131. The highest BCUT2D eigenvalue weighted by molar-refractivity contribution is 6.11. The second-order valence-corrected chi connectivity index (χ2v) is 11.4. The second-order valence-electron chi connectivity index (χ2n) is 11.4. The minimum atomic E-state index is -0.941. The van der Waals surface area contributed by atoms with Crippen LogP contribution in [0.5, 0.6) is 17.5 Å². The lowest BCUT2D eigenvalue weighted by Gasteiger charge is -2.28. The Morgan fingerprint density at radius 2 is 1.93 bits per heavy atom. The molecule has 0 spiro atoms. The summed E-state index contributed by atoms with van der Waals surface area (Å²) in [6.45, 7) is 8.37. The number of benzene rings is 3. The molecule has 5 aromatic rings. The second kappa shape index (κ2) is 10.2. The number of aromatic amines is 1. The molecule has 0 aliphatic carbocycles. The predicted molar refractivity (Wildman–Crippen MR) is 161 cm³/mol. The average molecular weight is 566 g/mol. The van der Waals surface area contributed by atoms with Crippen LogP contribution in [0.25, 0.3) is 43.9 Å². The van der Waals surface area contributed by atoms with Crippen LogP contribution in [0.1, 0.15) is 37.5 Å². The van der Waals surface area contributed by atoms with Crippen molar-refractivity contribution in [1.29, 1.82) is 0 Å². The minimum Gasteiger partial charge on any atom is -0.492 e. The smallest absolute Gasteiger partial charge is 0.307 e. The first kappa shape index (κ1) is 27.3. The van der Waals surface area contributed by atoms with Crippen molar-refractivity contribution in [2.75, 3.05) is 13.7 Å². The number of aryl methyl sites for hydroxylation is 1. The van der Waals surface area contributed by atoms with E-state index in [1.807, 2.05) is 64.1 Å². The number of aromatic nitrogens is 3. The summed E-state index contributed by atoms with van der Waals surface area (Å²) in [7, 11) is 1.44. The van der Waals surface area contributed by atoms with Crippen LogP contribution < -0.4 is 19.8 Å². The van der Waals surface area contributed by atoms with Crippen LogP contribution in [-0.4, -0.2) is 45.3 Å². The number of carboxylic acids is 1. The van der Waals surface area contributed by atoms with Gasteiger partial charge in [0.2, 0.25) is 0 Å². The number of carbonyl (C=O) groups is 1. The average Bonchev–Trinajstić information content (AvgIpc) is 2.93. The Kier molecular flexibility index (Phi) is 6.60. The summed E-state index contributed by atoms with van der Waals surface area (Å²) in [5, 5.41) is 12.5. The molecule has 0 amide bonds. The molecule has 0 radical (unpaired) electrons. The van der Waals surface area contributed by atoms with E-state index in [0.29, 0.717) is 40.3 Å². The molecule has 9 heteroatoms. The van der Waals surface area contributed by atoms with Gasteiger partial charge in [-0.25, -0.2) is 4.98 Å². The summed E-state index contributed by atoms with van der Waals surface area (Å²) < 4.78 is 17.7. The molecule has 0 unspecified atom stereocenters. The number of ether oxygens (including phenoxy) is 3. The van der Waals surface area contributed by atoms with E-state index in [1.165, 1.54) is 13.3 Å². The quantitative estimate of drug-likeness (QED) is 0.262. The van der Waals surface area contributed by atoms with E-state index in [1.54, 1.807) is 6.20 Å². The summed E-state index contributed by atoms with van der Waals surface area (Å²) in [6, 6.07) is 11.7. The first-order chi connectivity index (χ1) is 20.0. The zero-order chi connectivity index (χ0) is 29.8. The SMILES string of the molecule is COc1ncc(-c2ccc3c(-c4c(OC(C)(C)C)cc5c6c(ccnc46)CCO5)c(CC(=O)O)c(C)cc3c2)c(=O)[nH]1. The van der Waals surface area contributed by atoms with Crippen molar-refractivity contribution in [3.63, 3.8) is 0 Å². The number of carboxylic acid groups (broad SMARTS) is 1. The number of aliphatic carboxylic acids is 1. The number of pyridine rings is 1. The first-order valence-corrected chi connectivity index (χ1v) is 13.7. The van der Waals surface area contributed by atoms with Gasteiger partial charge in [0, 0.05) is 30.3 Å². The molecule has 3 aromatic carbocycles. The fourth-order valence-corrected chi connectivity index (χ4v) is 5.70.